The lowest BCUT2D eigenvalue weighted by atomic mass is 9.87. The van der Waals surface area contributed by atoms with E-state index in [9.17, 15) is 9.82 Å². The summed E-state index contributed by atoms with van der Waals surface area (Å²) in [5.74, 6) is 0.862. The Balaban J connectivity index is 1.95. The van der Waals surface area contributed by atoms with Gasteiger partial charge in [0.2, 0.25) is 14.2 Å². The first-order valence-corrected chi connectivity index (χ1v) is 12.9. The van der Waals surface area contributed by atoms with Gasteiger partial charge in [-0.25, -0.2) is 0 Å². The fraction of sp³-hybridized carbons (Fsp3) is 0.476. The molecule has 2 aromatic carbocycles. The molecule has 0 aliphatic carbocycles. The van der Waals surface area contributed by atoms with Crippen molar-refractivity contribution >= 4 is 37.7 Å². The number of fused-ring (bicyclic) bond motifs is 1. The molecule has 0 saturated carbocycles. The first-order chi connectivity index (χ1) is 13.0. The van der Waals surface area contributed by atoms with Crippen molar-refractivity contribution in [2.75, 3.05) is 11.4 Å². The third-order valence-electron chi connectivity index (χ3n) is 5.95. The summed E-state index contributed by atoms with van der Waals surface area (Å²) >= 11 is 0. The molecule has 2 aromatic rings. The lowest BCUT2D eigenvalue weighted by Crippen LogP contribution is -2.45. The van der Waals surface area contributed by atoms with Crippen LogP contribution in [0, 0.1) is 0 Å². The van der Waals surface area contributed by atoms with Crippen molar-refractivity contribution in [1.82, 2.24) is 5.23 Å². The van der Waals surface area contributed by atoms with Crippen molar-refractivity contribution in [2.45, 2.75) is 58.2 Å². The lowest BCUT2D eigenvalue weighted by molar-refractivity contribution is -0.118. The van der Waals surface area contributed by atoms with Gasteiger partial charge in [0.25, 0.3) is 0 Å². The normalized spacial score (nSPS) is 18.0. The van der Waals surface area contributed by atoms with Crippen molar-refractivity contribution in [3.63, 3.8) is 0 Å². The molecule has 1 amide bonds. The molecule has 7 heteroatoms. The third kappa shape index (κ3) is 4.11. The predicted octanol–water partition coefficient (Wildman–Crippen LogP) is 4.03. The predicted molar refractivity (Wildman–Crippen MR) is 120 cm³/mol. The molecule has 2 N–H and O–H groups in total. The Morgan fingerprint density at radius 2 is 1.96 bits per heavy atom. The number of benzene rings is 2. The molecule has 1 aliphatic rings. The summed E-state index contributed by atoms with van der Waals surface area (Å²) in [6.07, 6.45) is 0.681. The zero-order valence-electron chi connectivity index (χ0n) is 17.7. The van der Waals surface area contributed by atoms with Gasteiger partial charge in [-0.1, -0.05) is 39.0 Å². The van der Waals surface area contributed by atoms with Gasteiger partial charge < -0.3 is 19.6 Å². The standard InChI is InChI=1S/C21H31BN2O3Si/c1-21(2,3)28(5,6)27-16-11-10-15-8-7-9-19(17(15)14-16)24-13-12-18(20(24)25)23-22(4)26/h7-11,14,18,23,26H,12-13H2,1-6H3/t18-/m0/s1. The van der Waals surface area contributed by atoms with E-state index < -0.39 is 15.4 Å². The van der Waals surface area contributed by atoms with Gasteiger partial charge in [-0.05, 0) is 55.0 Å². The molecular formula is C21H31BN2O3Si. The van der Waals surface area contributed by atoms with Crippen LogP contribution in [0.1, 0.15) is 27.2 Å². The average Bonchev–Trinajstić information content (AvgIpc) is 2.93. The maximum atomic E-state index is 12.9. The molecule has 0 unspecified atom stereocenters. The Bertz CT molecular complexity index is 880. The molecule has 1 atom stereocenters. The molecule has 150 valence electrons. The topological polar surface area (TPSA) is 61.8 Å². The Morgan fingerprint density at radius 3 is 2.61 bits per heavy atom. The summed E-state index contributed by atoms with van der Waals surface area (Å²) in [5, 5.41) is 14.7. The van der Waals surface area contributed by atoms with Crippen LogP contribution in [0.4, 0.5) is 5.69 Å². The van der Waals surface area contributed by atoms with Crippen LogP contribution in [0.2, 0.25) is 25.0 Å². The van der Waals surface area contributed by atoms with E-state index in [0.717, 1.165) is 22.2 Å². The number of hydrogen-bond acceptors (Lipinski definition) is 4. The summed E-state index contributed by atoms with van der Waals surface area (Å²) in [6, 6.07) is 11.8. The first kappa shape index (κ1) is 20.9. The Hall–Kier alpha value is -1.83. The van der Waals surface area contributed by atoms with Crippen LogP contribution in [0.15, 0.2) is 36.4 Å². The van der Waals surface area contributed by atoms with Crippen LogP contribution in [-0.4, -0.2) is 38.9 Å². The lowest BCUT2D eigenvalue weighted by Gasteiger charge is -2.36. The summed E-state index contributed by atoms with van der Waals surface area (Å²) < 4.78 is 6.48. The monoisotopic (exact) mass is 398 g/mol. The van der Waals surface area contributed by atoms with Gasteiger partial charge in [-0.15, -0.1) is 0 Å². The SMILES string of the molecule is CB(O)N[C@H]1CCN(c2cccc3ccc(O[Si](C)(C)C(C)(C)C)cc23)C1=O. The second kappa shape index (κ2) is 7.54. The molecule has 28 heavy (non-hydrogen) atoms. The van der Waals surface area contributed by atoms with E-state index in [-0.39, 0.29) is 17.0 Å². The van der Waals surface area contributed by atoms with E-state index in [2.05, 4.69) is 57.3 Å². The molecule has 1 saturated heterocycles. The van der Waals surface area contributed by atoms with Crippen LogP contribution in [-0.2, 0) is 4.79 Å². The van der Waals surface area contributed by atoms with Crippen molar-refractivity contribution in [2.24, 2.45) is 0 Å². The van der Waals surface area contributed by atoms with E-state index in [4.69, 9.17) is 4.43 Å². The minimum Gasteiger partial charge on any atom is -0.543 e. The minimum absolute atomic E-state index is 0.00381. The second-order valence-electron chi connectivity index (χ2n) is 9.20. The first-order valence-electron chi connectivity index (χ1n) is 9.97. The number of carbonyl (C=O) groups is 1. The van der Waals surface area contributed by atoms with Crippen LogP contribution < -0.4 is 14.6 Å². The Labute approximate surface area is 169 Å². The second-order valence-corrected chi connectivity index (χ2v) is 13.9. The van der Waals surface area contributed by atoms with Crippen molar-refractivity contribution in [3.05, 3.63) is 36.4 Å². The van der Waals surface area contributed by atoms with Gasteiger partial charge in [0.1, 0.15) is 5.75 Å². The summed E-state index contributed by atoms with van der Waals surface area (Å²) in [4.78, 5) is 14.7. The number of anilines is 1. The molecule has 3 rings (SSSR count). The van der Waals surface area contributed by atoms with E-state index in [1.807, 2.05) is 23.1 Å². The quantitative estimate of drug-likeness (QED) is 0.747. The highest BCUT2D eigenvalue weighted by atomic mass is 28.4. The molecule has 1 fully saturated rings. The fourth-order valence-electron chi connectivity index (χ4n) is 3.35. The number of hydrogen-bond donors (Lipinski definition) is 2. The fourth-order valence-corrected chi connectivity index (χ4v) is 4.37. The molecule has 0 bridgehead atoms. The number of nitrogens with one attached hydrogen (secondary N) is 1. The molecule has 0 spiro atoms. The van der Waals surface area contributed by atoms with Crippen LogP contribution in [0.3, 0.4) is 0 Å². The third-order valence-corrected chi connectivity index (χ3v) is 10.3. The van der Waals surface area contributed by atoms with Gasteiger partial charge in [-0.3, -0.25) is 4.79 Å². The van der Waals surface area contributed by atoms with Crippen LogP contribution in [0.5, 0.6) is 5.75 Å². The number of carbonyl (C=O) groups excluding carboxylic acids is 1. The minimum atomic E-state index is -1.94. The number of amides is 1. The smallest absolute Gasteiger partial charge is 0.374 e. The van der Waals surface area contributed by atoms with Crippen LogP contribution >= 0.6 is 0 Å². The molecular weight excluding hydrogens is 367 g/mol. The summed E-state index contributed by atoms with van der Waals surface area (Å²) in [7, 11) is -2.65. The van der Waals surface area contributed by atoms with Gasteiger partial charge >= 0.3 is 7.05 Å². The highest BCUT2D eigenvalue weighted by molar-refractivity contribution is 6.74. The summed E-state index contributed by atoms with van der Waals surface area (Å²) in [5.41, 5.74) is 0.901. The largest absolute Gasteiger partial charge is 0.543 e. The van der Waals surface area contributed by atoms with Crippen molar-refractivity contribution in [1.29, 1.82) is 0 Å². The van der Waals surface area contributed by atoms with Crippen LogP contribution in [0.25, 0.3) is 10.8 Å². The maximum absolute atomic E-state index is 12.9. The van der Waals surface area contributed by atoms with E-state index in [1.165, 1.54) is 0 Å². The molecule has 5 nitrogen and oxygen atoms in total. The van der Waals surface area contributed by atoms with Crippen molar-refractivity contribution in [3.8, 4) is 5.75 Å². The molecule has 0 radical (unpaired) electrons. The number of rotatable bonds is 5. The van der Waals surface area contributed by atoms with Gasteiger partial charge in [0.15, 0.2) is 0 Å². The van der Waals surface area contributed by atoms with Crippen molar-refractivity contribution < 1.29 is 14.2 Å². The number of nitrogens with zero attached hydrogens (tertiary/aromatic N) is 1. The summed E-state index contributed by atoms with van der Waals surface area (Å²) in [6.45, 7) is 13.4. The zero-order valence-corrected chi connectivity index (χ0v) is 18.7. The Morgan fingerprint density at radius 1 is 1.25 bits per heavy atom. The Kier molecular flexibility index (Phi) is 5.62. The highest BCUT2D eigenvalue weighted by Crippen LogP contribution is 2.39. The molecule has 1 heterocycles. The molecule has 0 aromatic heterocycles. The molecule has 1 aliphatic heterocycles. The average molecular weight is 398 g/mol. The van der Waals surface area contributed by atoms with Gasteiger partial charge in [-0.2, -0.15) is 0 Å². The highest BCUT2D eigenvalue weighted by Gasteiger charge is 2.39. The van der Waals surface area contributed by atoms with E-state index in [1.54, 1.807) is 6.82 Å². The van der Waals surface area contributed by atoms with Gasteiger partial charge in [0.05, 0.1) is 11.7 Å². The zero-order chi connectivity index (χ0) is 20.7. The van der Waals surface area contributed by atoms with E-state index in [0.29, 0.717) is 13.0 Å². The van der Waals surface area contributed by atoms with E-state index >= 15 is 0 Å². The maximum Gasteiger partial charge on any atom is 0.374 e. The van der Waals surface area contributed by atoms with Gasteiger partial charge in [0, 0.05) is 11.9 Å².